The second-order valence-electron chi connectivity index (χ2n) is 10.1. The lowest BCUT2D eigenvalue weighted by Gasteiger charge is -2.25. The van der Waals surface area contributed by atoms with Crippen molar-refractivity contribution in [2.75, 3.05) is 13.2 Å². The molecule has 0 amide bonds. The highest BCUT2D eigenvalue weighted by atomic mass is 16.6. The van der Waals surface area contributed by atoms with E-state index >= 15 is 0 Å². The van der Waals surface area contributed by atoms with Gasteiger partial charge in [0, 0.05) is 6.42 Å². The van der Waals surface area contributed by atoms with Gasteiger partial charge in [-0.1, -0.05) is 56.3 Å². The summed E-state index contributed by atoms with van der Waals surface area (Å²) in [7, 11) is 0. The number of rotatable bonds is 14. The van der Waals surface area contributed by atoms with E-state index in [1.807, 2.05) is 42.5 Å². The number of esters is 4. The van der Waals surface area contributed by atoms with Crippen molar-refractivity contribution in [3.05, 3.63) is 60.2 Å². The van der Waals surface area contributed by atoms with E-state index in [4.69, 9.17) is 18.9 Å². The van der Waals surface area contributed by atoms with E-state index in [1.165, 1.54) is 0 Å². The third kappa shape index (κ3) is 10.5. The Balaban J connectivity index is 1.80. The van der Waals surface area contributed by atoms with Crippen LogP contribution in [-0.4, -0.2) is 49.3 Å². The van der Waals surface area contributed by atoms with Gasteiger partial charge in [0.25, 0.3) is 0 Å². The minimum atomic E-state index is -0.851. The quantitative estimate of drug-likeness (QED) is 0.173. The number of hydrogen-bond donors (Lipinski definition) is 0. The van der Waals surface area contributed by atoms with E-state index in [0.29, 0.717) is 12.0 Å². The molecule has 8 heteroatoms. The van der Waals surface area contributed by atoms with Crippen LogP contribution in [0.25, 0.3) is 11.1 Å². The monoisotopic (exact) mass is 540 g/mol. The molecule has 3 atom stereocenters. The van der Waals surface area contributed by atoms with Gasteiger partial charge >= 0.3 is 23.9 Å². The molecule has 0 radical (unpaired) electrons. The Kier molecular flexibility index (Phi) is 12.7. The van der Waals surface area contributed by atoms with Crippen molar-refractivity contribution in [3.8, 4) is 11.1 Å². The molecule has 39 heavy (non-hydrogen) atoms. The Morgan fingerprint density at radius 2 is 1.18 bits per heavy atom. The summed E-state index contributed by atoms with van der Waals surface area (Å²) in [6.07, 6.45) is -0.290. The van der Waals surface area contributed by atoms with Crippen molar-refractivity contribution in [1.82, 2.24) is 0 Å². The van der Waals surface area contributed by atoms with Crippen molar-refractivity contribution >= 4 is 23.9 Å². The van der Waals surface area contributed by atoms with Gasteiger partial charge in [0.2, 0.25) is 0 Å². The van der Waals surface area contributed by atoms with Gasteiger partial charge in [-0.25, -0.2) is 4.79 Å². The van der Waals surface area contributed by atoms with Crippen molar-refractivity contribution < 1.29 is 38.1 Å². The molecule has 0 aromatic heterocycles. The summed E-state index contributed by atoms with van der Waals surface area (Å²) in [5.74, 6) is -4.33. The highest BCUT2D eigenvalue weighted by Gasteiger charge is 2.36. The van der Waals surface area contributed by atoms with Crippen molar-refractivity contribution in [1.29, 1.82) is 0 Å². The van der Waals surface area contributed by atoms with Gasteiger partial charge in [-0.05, 0) is 57.4 Å². The Labute approximate surface area is 231 Å². The highest BCUT2D eigenvalue weighted by Crippen LogP contribution is 2.25. The lowest BCUT2D eigenvalue weighted by Crippen LogP contribution is -2.35. The first-order valence-electron chi connectivity index (χ1n) is 13.4. The summed E-state index contributed by atoms with van der Waals surface area (Å²) in [5.41, 5.74) is 2.49. The van der Waals surface area contributed by atoms with Crippen LogP contribution in [0.5, 0.6) is 0 Å². The first-order chi connectivity index (χ1) is 18.5. The van der Waals surface area contributed by atoms with E-state index in [-0.39, 0.29) is 31.8 Å². The Hall–Kier alpha value is -3.68. The fourth-order valence-electron chi connectivity index (χ4n) is 3.86. The van der Waals surface area contributed by atoms with Crippen LogP contribution in [0.15, 0.2) is 54.6 Å². The van der Waals surface area contributed by atoms with Crippen LogP contribution in [0.3, 0.4) is 0 Å². The van der Waals surface area contributed by atoms with Gasteiger partial charge in [-0.3, -0.25) is 14.4 Å². The van der Waals surface area contributed by atoms with Crippen molar-refractivity contribution in [2.45, 2.75) is 66.6 Å². The first kappa shape index (κ1) is 31.5. The van der Waals surface area contributed by atoms with Crippen LogP contribution < -0.4 is 0 Å². The van der Waals surface area contributed by atoms with E-state index in [1.54, 1.807) is 53.7 Å². The molecule has 2 rings (SSSR count). The summed E-state index contributed by atoms with van der Waals surface area (Å²) in [6.45, 7) is 10.3. The predicted molar refractivity (Wildman–Crippen MR) is 147 cm³/mol. The van der Waals surface area contributed by atoms with Crippen LogP contribution >= 0.6 is 0 Å². The third-order valence-electron chi connectivity index (χ3n) is 5.99. The zero-order chi connectivity index (χ0) is 28.9. The average Bonchev–Trinajstić information content (AvgIpc) is 2.90. The van der Waals surface area contributed by atoms with Gasteiger partial charge in [0.05, 0.1) is 48.7 Å². The first-order valence-corrected chi connectivity index (χ1v) is 13.4. The van der Waals surface area contributed by atoms with E-state index in [0.717, 1.165) is 11.1 Å². The number of hydrogen-bond acceptors (Lipinski definition) is 8. The summed E-state index contributed by atoms with van der Waals surface area (Å²) in [6, 6.07) is 17.0. The Morgan fingerprint density at radius 1 is 0.641 bits per heavy atom. The molecule has 8 nitrogen and oxygen atoms in total. The average molecular weight is 541 g/mol. The molecular formula is C31H40O8. The fourth-order valence-corrected chi connectivity index (χ4v) is 3.86. The van der Waals surface area contributed by atoms with E-state index < -0.39 is 41.6 Å². The fraction of sp³-hybridized carbons (Fsp3) is 0.484. The standard InChI is InChI=1S/C31H40O8/c1-20(2)38-29(33)23(6)27(31(35)39-21(3)4)19-22(5)28(32)36-17-10-18-37-30(34)26-15-13-25(14-16-26)24-11-8-7-9-12-24/h7-9,11-16,20-23,27H,10,17-19H2,1-6H3. The molecule has 0 aliphatic carbocycles. The molecule has 0 spiro atoms. The van der Waals surface area contributed by atoms with Crippen LogP contribution in [0.1, 0.15) is 64.7 Å². The van der Waals surface area contributed by atoms with E-state index in [2.05, 4.69) is 0 Å². The smallest absolute Gasteiger partial charge is 0.338 e. The molecule has 0 aliphatic rings. The maximum atomic E-state index is 12.7. The van der Waals surface area contributed by atoms with Gasteiger partial charge in [-0.15, -0.1) is 0 Å². The van der Waals surface area contributed by atoms with Crippen LogP contribution in [0.4, 0.5) is 0 Å². The number of carbonyl (C=O) groups excluding carboxylic acids is 4. The molecule has 0 heterocycles. The third-order valence-corrected chi connectivity index (χ3v) is 5.99. The van der Waals surface area contributed by atoms with Crippen molar-refractivity contribution in [2.24, 2.45) is 17.8 Å². The van der Waals surface area contributed by atoms with Crippen LogP contribution in [0, 0.1) is 17.8 Å². The molecule has 0 bridgehead atoms. The highest BCUT2D eigenvalue weighted by molar-refractivity contribution is 5.90. The van der Waals surface area contributed by atoms with Gasteiger partial charge in [0.15, 0.2) is 0 Å². The second-order valence-corrected chi connectivity index (χ2v) is 10.1. The van der Waals surface area contributed by atoms with Gasteiger partial charge in [0.1, 0.15) is 0 Å². The number of carbonyl (C=O) groups is 4. The minimum absolute atomic E-state index is 0.0510. The zero-order valence-corrected chi connectivity index (χ0v) is 23.7. The molecule has 0 fully saturated rings. The second kappa shape index (κ2) is 15.7. The minimum Gasteiger partial charge on any atom is -0.465 e. The summed E-state index contributed by atoms with van der Waals surface area (Å²) in [5, 5.41) is 0. The molecule has 3 unspecified atom stereocenters. The molecule has 0 N–H and O–H groups in total. The molecule has 0 saturated heterocycles. The molecule has 0 saturated carbocycles. The largest absolute Gasteiger partial charge is 0.465 e. The molecular weight excluding hydrogens is 500 g/mol. The topological polar surface area (TPSA) is 105 Å². The summed E-state index contributed by atoms with van der Waals surface area (Å²) in [4.78, 5) is 50.0. The lowest BCUT2D eigenvalue weighted by atomic mass is 9.85. The van der Waals surface area contributed by atoms with Crippen LogP contribution in [-0.2, 0) is 33.3 Å². The predicted octanol–water partition coefficient (Wildman–Crippen LogP) is 5.63. The lowest BCUT2D eigenvalue weighted by molar-refractivity contribution is -0.166. The maximum Gasteiger partial charge on any atom is 0.338 e. The normalized spacial score (nSPS) is 13.3. The molecule has 2 aromatic carbocycles. The number of ether oxygens (including phenoxy) is 4. The Morgan fingerprint density at radius 3 is 1.77 bits per heavy atom. The molecule has 212 valence electrons. The Bertz CT molecular complexity index is 1080. The maximum absolute atomic E-state index is 12.7. The van der Waals surface area contributed by atoms with E-state index in [9.17, 15) is 19.2 Å². The number of benzene rings is 2. The zero-order valence-electron chi connectivity index (χ0n) is 23.7. The SMILES string of the molecule is CC(C)OC(=O)C(C)C(CC(C)C(=O)OCCCOC(=O)c1ccc(-c2ccccc2)cc1)C(=O)OC(C)C. The van der Waals surface area contributed by atoms with Gasteiger partial charge in [-0.2, -0.15) is 0 Å². The van der Waals surface area contributed by atoms with Crippen LogP contribution in [0.2, 0.25) is 0 Å². The summed E-state index contributed by atoms with van der Waals surface area (Å²) < 4.78 is 21.2. The molecule has 0 aliphatic heterocycles. The summed E-state index contributed by atoms with van der Waals surface area (Å²) >= 11 is 0. The van der Waals surface area contributed by atoms with Gasteiger partial charge < -0.3 is 18.9 Å². The molecule has 2 aromatic rings. The van der Waals surface area contributed by atoms with Crippen molar-refractivity contribution in [3.63, 3.8) is 0 Å².